The fraction of sp³-hybridized carbons (Fsp3) is 0.214. The minimum absolute atomic E-state index is 0.290. The molecule has 1 aromatic carbocycles. The van der Waals surface area contributed by atoms with Crippen molar-refractivity contribution in [2.24, 2.45) is 5.92 Å². The highest BCUT2D eigenvalue weighted by molar-refractivity contribution is 6.36. The van der Waals surface area contributed by atoms with Gasteiger partial charge in [-0.3, -0.25) is 9.89 Å². The van der Waals surface area contributed by atoms with Gasteiger partial charge in [0.2, 0.25) is 0 Å². The van der Waals surface area contributed by atoms with Gasteiger partial charge in [0.05, 0.1) is 12.1 Å². The van der Waals surface area contributed by atoms with Crippen LogP contribution in [0.25, 0.3) is 0 Å². The van der Waals surface area contributed by atoms with Crippen molar-refractivity contribution in [1.82, 2.24) is 10.2 Å². The highest BCUT2D eigenvalue weighted by Gasteiger charge is 2.32. The van der Waals surface area contributed by atoms with Crippen LogP contribution in [0.3, 0.4) is 0 Å². The first-order valence-corrected chi connectivity index (χ1v) is 6.77. The molecule has 2 N–H and O–H groups in total. The van der Waals surface area contributed by atoms with E-state index < -0.39 is 17.4 Å². The summed E-state index contributed by atoms with van der Waals surface area (Å²) in [5, 5.41) is 24.2. The zero-order chi connectivity index (χ0) is 15.6. The molecule has 0 aliphatic heterocycles. The summed E-state index contributed by atoms with van der Waals surface area (Å²) in [5.41, 5.74) is 0.834. The van der Waals surface area contributed by atoms with Gasteiger partial charge in [0.1, 0.15) is 5.92 Å². The third-order valence-electron chi connectivity index (χ3n) is 3.25. The summed E-state index contributed by atoms with van der Waals surface area (Å²) in [7, 11) is 0. The molecule has 0 fully saturated rings. The summed E-state index contributed by atoms with van der Waals surface area (Å²) in [5.74, 6) is -1.91. The molecule has 0 spiro atoms. The van der Waals surface area contributed by atoms with E-state index in [9.17, 15) is 15.3 Å². The van der Waals surface area contributed by atoms with Crippen molar-refractivity contribution in [2.45, 2.75) is 12.8 Å². The molecule has 0 amide bonds. The van der Waals surface area contributed by atoms with Crippen LogP contribution in [0.4, 0.5) is 0 Å². The quantitative estimate of drug-likeness (QED) is 0.909. The van der Waals surface area contributed by atoms with Gasteiger partial charge < -0.3 is 5.10 Å². The number of H-pyrrole nitrogens is 2. The van der Waals surface area contributed by atoms with Gasteiger partial charge in [-0.25, -0.2) is 0 Å². The van der Waals surface area contributed by atoms with Crippen molar-refractivity contribution in [2.75, 3.05) is 0 Å². The van der Waals surface area contributed by atoms with Gasteiger partial charge in [-0.1, -0.05) is 29.3 Å². The van der Waals surface area contributed by atoms with E-state index in [1.54, 1.807) is 25.1 Å². The van der Waals surface area contributed by atoms with E-state index in [-0.39, 0.29) is 5.56 Å². The van der Waals surface area contributed by atoms with Crippen molar-refractivity contribution in [3.8, 4) is 12.1 Å². The number of benzene rings is 1. The van der Waals surface area contributed by atoms with Crippen LogP contribution in [0.1, 0.15) is 22.7 Å². The number of aromatic nitrogens is 2. The maximum atomic E-state index is 12.0. The number of hydrogen-bond acceptors (Lipinski definition) is 3. The SMILES string of the molecule is Cc1[nH][nH]c(=O)c1[C@H](c1c(Cl)cccc1Cl)C(C#N)C#N. The average molecular weight is 321 g/mol. The Balaban J connectivity index is 2.79. The maximum absolute atomic E-state index is 12.0. The molecule has 21 heavy (non-hydrogen) atoms. The first-order valence-electron chi connectivity index (χ1n) is 6.01. The molecule has 5 nitrogen and oxygen atoms in total. The third kappa shape index (κ3) is 2.67. The Labute approximate surface area is 130 Å². The predicted octanol–water partition coefficient (Wildman–Crippen LogP) is 3.11. The Morgan fingerprint density at radius 2 is 1.67 bits per heavy atom. The second-order valence-electron chi connectivity index (χ2n) is 4.47. The summed E-state index contributed by atoms with van der Waals surface area (Å²) >= 11 is 12.4. The van der Waals surface area contributed by atoms with Crippen molar-refractivity contribution < 1.29 is 0 Å². The molecule has 0 aliphatic rings. The summed E-state index contributed by atoms with van der Waals surface area (Å²) < 4.78 is 0. The molecule has 2 rings (SSSR count). The molecule has 1 heterocycles. The van der Waals surface area contributed by atoms with E-state index in [0.29, 0.717) is 21.3 Å². The molecule has 0 radical (unpaired) electrons. The van der Waals surface area contributed by atoms with E-state index in [1.165, 1.54) is 0 Å². The smallest absolute Gasteiger partial charge is 0.268 e. The van der Waals surface area contributed by atoms with Crippen LogP contribution >= 0.6 is 23.2 Å². The molecule has 0 aliphatic carbocycles. The molecule has 1 aromatic heterocycles. The second-order valence-corrected chi connectivity index (χ2v) is 5.28. The fourth-order valence-electron chi connectivity index (χ4n) is 2.29. The number of aryl methyl sites for hydroxylation is 1. The van der Waals surface area contributed by atoms with Gasteiger partial charge in [-0.2, -0.15) is 10.5 Å². The summed E-state index contributed by atoms with van der Waals surface area (Å²) in [6.07, 6.45) is 0. The van der Waals surface area contributed by atoms with Gasteiger partial charge in [0.15, 0.2) is 0 Å². The van der Waals surface area contributed by atoms with Crippen LogP contribution in [0, 0.1) is 35.5 Å². The van der Waals surface area contributed by atoms with Crippen LogP contribution in [0.5, 0.6) is 0 Å². The lowest BCUT2D eigenvalue weighted by Gasteiger charge is -2.19. The van der Waals surface area contributed by atoms with Crippen LogP contribution in [0.2, 0.25) is 10.0 Å². The highest BCUT2D eigenvalue weighted by Crippen LogP contribution is 2.39. The lowest BCUT2D eigenvalue weighted by molar-refractivity contribution is 0.701. The number of hydrogen-bond donors (Lipinski definition) is 2. The number of halogens is 2. The lowest BCUT2D eigenvalue weighted by atomic mass is 9.82. The number of nitriles is 2. The van der Waals surface area contributed by atoms with Crippen LogP contribution in [-0.2, 0) is 0 Å². The van der Waals surface area contributed by atoms with E-state index in [1.807, 2.05) is 12.1 Å². The monoisotopic (exact) mass is 320 g/mol. The molecule has 0 saturated carbocycles. The average Bonchev–Trinajstić information content (AvgIpc) is 2.77. The van der Waals surface area contributed by atoms with E-state index in [0.717, 1.165) is 0 Å². The van der Waals surface area contributed by atoms with Crippen molar-refractivity contribution >= 4 is 23.2 Å². The minimum Gasteiger partial charge on any atom is -0.302 e. The topological polar surface area (TPSA) is 96.2 Å². The van der Waals surface area contributed by atoms with Gasteiger partial charge in [0.25, 0.3) is 5.56 Å². The molecule has 2 aromatic rings. The van der Waals surface area contributed by atoms with Gasteiger partial charge >= 0.3 is 0 Å². The standard InChI is InChI=1S/C14H10Cl2N4O/c1-7-11(14(21)20-19-7)12(8(5-17)6-18)13-9(15)3-2-4-10(13)16/h2-4,8,12H,1H3,(H2,19,20,21)/t12-/m1/s1. The Hall–Kier alpha value is -2.21. The first kappa shape index (κ1) is 15.2. The van der Waals surface area contributed by atoms with Crippen molar-refractivity contribution in [3.05, 3.63) is 55.4 Å². The first-order chi connectivity index (χ1) is 10.0. The molecule has 106 valence electrons. The van der Waals surface area contributed by atoms with E-state index >= 15 is 0 Å². The Bertz CT molecular complexity index is 775. The van der Waals surface area contributed by atoms with Crippen LogP contribution < -0.4 is 5.56 Å². The largest absolute Gasteiger partial charge is 0.302 e. The van der Waals surface area contributed by atoms with E-state index in [2.05, 4.69) is 10.2 Å². The van der Waals surface area contributed by atoms with Crippen LogP contribution in [0.15, 0.2) is 23.0 Å². The number of nitrogens with zero attached hydrogens (tertiary/aromatic N) is 2. The molecule has 7 heteroatoms. The number of nitrogens with one attached hydrogen (secondary N) is 2. The Morgan fingerprint density at radius 3 is 2.10 bits per heavy atom. The summed E-state index contributed by atoms with van der Waals surface area (Å²) in [4.78, 5) is 12.0. The van der Waals surface area contributed by atoms with E-state index in [4.69, 9.17) is 23.2 Å². The van der Waals surface area contributed by atoms with Gasteiger partial charge in [-0.05, 0) is 24.6 Å². The number of aromatic amines is 2. The third-order valence-corrected chi connectivity index (χ3v) is 3.90. The molecule has 0 saturated heterocycles. The zero-order valence-electron chi connectivity index (χ0n) is 10.9. The highest BCUT2D eigenvalue weighted by atomic mass is 35.5. The Morgan fingerprint density at radius 1 is 1.10 bits per heavy atom. The van der Waals surface area contributed by atoms with Gasteiger partial charge in [0, 0.05) is 27.2 Å². The minimum atomic E-state index is -1.09. The van der Waals surface area contributed by atoms with Gasteiger partial charge in [-0.15, -0.1) is 0 Å². The summed E-state index contributed by atoms with van der Waals surface area (Å²) in [6, 6.07) is 8.68. The van der Waals surface area contributed by atoms with Crippen LogP contribution in [-0.4, -0.2) is 10.2 Å². The fourth-order valence-corrected chi connectivity index (χ4v) is 2.93. The van der Waals surface area contributed by atoms with Crippen molar-refractivity contribution in [3.63, 3.8) is 0 Å². The maximum Gasteiger partial charge on any atom is 0.268 e. The second kappa shape index (κ2) is 6.05. The molecular formula is C14H10Cl2N4O. The molecule has 0 unspecified atom stereocenters. The molecular weight excluding hydrogens is 311 g/mol. The lowest BCUT2D eigenvalue weighted by Crippen LogP contribution is -2.20. The predicted molar refractivity (Wildman–Crippen MR) is 79.2 cm³/mol. The zero-order valence-corrected chi connectivity index (χ0v) is 12.5. The number of rotatable bonds is 3. The Kier molecular flexibility index (Phi) is 4.37. The molecule has 0 bridgehead atoms. The normalized spacial score (nSPS) is 11.9. The summed E-state index contributed by atoms with van der Waals surface area (Å²) in [6.45, 7) is 1.68. The molecule has 1 atom stereocenters. The van der Waals surface area contributed by atoms with Crippen molar-refractivity contribution in [1.29, 1.82) is 10.5 Å².